The lowest BCUT2D eigenvalue weighted by molar-refractivity contribution is -0.140. The third-order valence-corrected chi connectivity index (χ3v) is 6.94. The van der Waals surface area contributed by atoms with Gasteiger partial charge in [-0.2, -0.15) is 0 Å². The van der Waals surface area contributed by atoms with Crippen molar-refractivity contribution in [1.29, 1.82) is 0 Å². The molecular weight excluding hydrogens is 522 g/mol. The van der Waals surface area contributed by atoms with E-state index >= 15 is 0 Å². The minimum atomic E-state index is -0.758. The molecule has 1 unspecified atom stereocenters. The number of ether oxygens (including phenoxy) is 2. The van der Waals surface area contributed by atoms with Gasteiger partial charge in [-0.25, -0.2) is 0 Å². The summed E-state index contributed by atoms with van der Waals surface area (Å²) < 4.78 is 11.9. The van der Waals surface area contributed by atoms with E-state index in [-0.39, 0.29) is 24.0 Å². The molecule has 1 amide bonds. The number of hydrogen-bond donors (Lipinski definition) is 1. The van der Waals surface area contributed by atoms with E-state index in [1.807, 2.05) is 63.2 Å². The molecule has 1 heterocycles. The summed E-state index contributed by atoms with van der Waals surface area (Å²) in [6.45, 7) is 6.00. The number of nitrogens with zero attached hydrogens (tertiary/aromatic N) is 1. The van der Waals surface area contributed by atoms with Gasteiger partial charge in [0, 0.05) is 16.6 Å². The molecule has 186 valence electrons. The van der Waals surface area contributed by atoms with Gasteiger partial charge in [-0.1, -0.05) is 46.3 Å². The van der Waals surface area contributed by atoms with E-state index in [4.69, 9.17) is 9.47 Å². The molecule has 1 saturated heterocycles. The fourth-order valence-electron chi connectivity index (χ4n) is 4.27. The minimum absolute atomic E-state index is 0.0472. The lowest BCUT2D eigenvalue weighted by Crippen LogP contribution is -2.29. The Morgan fingerprint density at radius 1 is 1.00 bits per heavy atom. The Morgan fingerprint density at radius 2 is 1.64 bits per heavy atom. The van der Waals surface area contributed by atoms with Crippen LogP contribution in [0.25, 0.3) is 5.76 Å². The third-order valence-electron chi connectivity index (χ3n) is 6.05. The van der Waals surface area contributed by atoms with Crippen LogP contribution in [0.2, 0.25) is 0 Å². The standard InChI is InChI=1S/C29H28BrNO5/c1-17(2)36-23-10-5-19(6-11-23)16-31-26(20-7-12-22(35-4)13-8-20)25(28(33)29(31)34)27(32)21-9-14-24(30)18(3)15-21/h5-15,17,26,32H,16H2,1-4H3/b27-25-. The van der Waals surface area contributed by atoms with Crippen LogP contribution in [0.1, 0.15) is 42.1 Å². The molecule has 0 saturated carbocycles. The van der Waals surface area contributed by atoms with E-state index < -0.39 is 17.7 Å². The number of aliphatic hydroxyl groups excluding tert-OH is 1. The number of rotatable bonds is 7. The molecule has 3 aromatic carbocycles. The van der Waals surface area contributed by atoms with Crippen molar-refractivity contribution in [1.82, 2.24) is 4.90 Å². The monoisotopic (exact) mass is 549 g/mol. The third kappa shape index (κ3) is 5.16. The normalized spacial score (nSPS) is 17.1. The van der Waals surface area contributed by atoms with Crippen LogP contribution in [0.15, 0.2) is 76.8 Å². The fourth-order valence-corrected chi connectivity index (χ4v) is 4.51. The van der Waals surface area contributed by atoms with Crippen molar-refractivity contribution in [2.45, 2.75) is 39.5 Å². The molecule has 6 nitrogen and oxygen atoms in total. The largest absolute Gasteiger partial charge is 0.507 e. The molecule has 1 N–H and O–H groups in total. The van der Waals surface area contributed by atoms with Crippen molar-refractivity contribution < 1.29 is 24.2 Å². The number of carbonyl (C=O) groups is 2. The number of ketones is 1. The molecule has 1 aliphatic heterocycles. The molecule has 3 aromatic rings. The van der Waals surface area contributed by atoms with Crippen molar-refractivity contribution >= 4 is 33.4 Å². The number of methoxy groups -OCH3 is 1. The second kappa shape index (κ2) is 10.6. The molecular formula is C29H28BrNO5. The van der Waals surface area contributed by atoms with Crippen LogP contribution in [-0.2, 0) is 16.1 Å². The van der Waals surface area contributed by atoms with E-state index in [9.17, 15) is 14.7 Å². The van der Waals surface area contributed by atoms with Gasteiger partial charge in [-0.3, -0.25) is 9.59 Å². The first kappa shape index (κ1) is 25.5. The highest BCUT2D eigenvalue weighted by Gasteiger charge is 2.46. The summed E-state index contributed by atoms with van der Waals surface area (Å²) in [6.07, 6.45) is 0.0472. The molecule has 0 bridgehead atoms. The zero-order valence-corrected chi connectivity index (χ0v) is 22.2. The zero-order chi connectivity index (χ0) is 26.0. The first-order valence-corrected chi connectivity index (χ1v) is 12.4. The van der Waals surface area contributed by atoms with Gasteiger partial charge in [0.05, 0.1) is 24.8 Å². The number of carbonyl (C=O) groups excluding carboxylic acids is 2. The van der Waals surface area contributed by atoms with Crippen LogP contribution in [-0.4, -0.2) is 34.9 Å². The van der Waals surface area contributed by atoms with Gasteiger partial charge in [-0.05, 0) is 73.9 Å². The van der Waals surface area contributed by atoms with Gasteiger partial charge in [0.25, 0.3) is 11.7 Å². The number of likely N-dealkylation sites (tertiary alicyclic amines) is 1. The second-order valence-electron chi connectivity index (χ2n) is 8.97. The molecule has 0 aliphatic carbocycles. The first-order chi connectivity index (χ1) is 17.2. The Kier molecular flexibility index (Phi) is 7.50. The summed E-state index contributed by atoms with van der Waals surface area (Å²) in [5, 5.41) is 11.3. The maximum absolute atomic E-state index is 13.3. The lowest BCUT2D eigenvalue weighted by atomic mass is 9.94. The summed E-state index contributed by atoms with van der Waals surface area (Å²) in [5.41, 5.74) is 2.98. The fraction of sp³-hybridized carbons (Fsp3) is 0.241. The molecule has 1 aliphatic rings. The number of halogens is 1. The van der Waals surface area contributed by atoms with Crippen molar-refractivity contribution in [2.24, 2.45) is 0 Å². The maximum atomic E-state index is 13.3. The molecule has 0 spiro atoms. The van der Waals surface area contributed by atoms with Crippen molar-refractivity contribution in [2.75, 3.05) is 7.11 Å². The molecule has 4 rings (SSSR count). The molecule has 0 aromatic heterocycles. The van der Waals surface area contributed by atoms with Gasteiger partial charge in [0.15, 0.2) is 0 Å². The number of aryl methyl sites for hydroxylation is 1. The van der Waals surface area contributed by atoms with E-state index in [0.29, 0.717) is 16.9 Å². The van der Waals surface area contributed by atoms with E-state index in [1.165, 1.54) is 4.90 Å². The maximum Gasteiger partial charge on any atom is 0.295 e. The molecule has 36 heavy (non-hydrogen) atoms. The molecule has 7 heteroatoms. The van der Waals surface area contributed by atoms with E-state index in [1.54, 1.807) is 31.4 Å². The number of aliphatic hydroxyl groups is 1. The zero-order valence-electron chi connectivity index (χ0n) is 20.6. The van der Waals surface area contributed by atoms with Crippen molar-refractivity contribution in [3.63, 3.8) is 0 Å². The predicted molar refractivity (Wildman–Crippen MR) is 142 cm³/mol. The lowest BCUT2D eigenvalue weighted by Gasteiger charge is -2.26. The first-order valence-electron chi connectivity index (χ1n) is 11.6. The number of benzene rings is 3. The van der Waals surface area contributed by atoms with E-state index in [0.717, 1.165) is 21.3 Å². The van der Waals surface area contributed by atoms with Gasteiger partial charge >= 0.3 is 0 Å². The number of hydrogen-bond acceptors (Lipinski definition) is 5. The van der Waals surface area contributed by atoms with Crippen LogP contribution in [0.4, 0.5) is 0 Å². The average Bonchev–Trinajstić information content (AvgIpc) is 3.11. The van der Waals surface area contributed by atoms with Crippen LogP contribution < -0.4 is 9.47 Å². The highest BCUT2D eigenvalue weighted by atomic mass is 79.9. The second-order valence-corrected chi connectivity index (χ2v) is 9.83. The molecule has 1 fully saturated rings. The smallest absolute Gasteiger partial charge is 0.295 e. The highest BCUT2D eigenvalue weighted by Crippen LogP contribution is 2.41. The summed E-state index contributed by atoms with van der Waals surface area (Å²) in [4.78, 5) is 28.1. The molecule has 0 radical (unpaired) electrons. The summed E-state index contributed by atoms with van der Waals surface area (Å²) >= 11 is 3.46. The van der Waals surface area contributed by atoms with Gasteiger partial charge in [-0.15, -0.1) is 0 Å². The quantitative estimate of drug-likeness (QED) is 0.216. The number of amides is 1. The van der Waals surface area contributed by atoms with Crippen molar-refractivity contribution in [3.05, 3.63) is 99.0 Å². The summed E-state index contributed by atoms with van der Waals surface area (Å²) in [6, 6.07) is 19.2. The Labute approximate surface area is 219 Å². The topological polar surface area (TPSA) is 76.1 Å². The number of Topliss-reactive ketones (excluding diaryl/α,β-unsaturated/α-hetero) is 1. The SMILES string of the molecule is COc1ccc(C2/C(=C(/O)c3ccc(Br)c(C)c3)C(=O)C(=O)N2Cc2ccc(OC(C)C)cc2)cc1. The molecule has 1 atom stereocenters. The Bertz CT molecular complexity index is 1310. The average molecular weight is 550 g/mol. The van der Waals surface area contributed by atoms with Gasteiger partial charge in [0.1, 0.15) is 17.3 Å². The van der Waals surface area contributed by atoms with Crippen LogP contribution in [0, 0.1) is 6.92 Å². The predicted octanol–water partition coefficient (Wildman–Crippen LogP) is 6.18. The van der Waals surface area contributed by atoms with Gasteiger partial charge < -0.3 is 19.5 Å². The summed E-state index contributed by atoms with van der Waals surface area (Å²) in [5.74, 6) is -0.191. The Hall–Kier alpha value is -3.58. The summed E-state index contributed by atoms with van der Waals surface area (Å²) in [7, 11) is 1.57. The van der Waals surface area contributed by atoms with E-state index in [2.05, 4.69) is 15.9 Å². The minimum Gasteiger partial charge on any atom is -0.507 e. The van der Waals surface area contributed by atoms with Crippen LogP contribution >= 0.6 is 15.9 Å². The van der Waals surface area contributed by atoms with Gasteiger partial charge in [0.2, 0.25) is 0 Å². The Morgan fingerprint density at radius 3 is 2.22 bits per heavy atom. The van der Waals surface area contributed by atoms with Crippen molar-refractivity contribution in [3.8, 4) is 11.5 Å². The van der Waals surface area contributed by atoms with Crippen LogP contribution in [0.5, 0.6) is 11.5 Å². The van der Waals surface area contributed by atoms with Crippen LogP contribution in [0.3, 0.4) is 0 Å². The highest BCUT2D eigenvalue weighted by molar-refractivity contribution is 9.10. The Balaban J connectivity index is 1.78.